The number of carbonyl (C=O) groups is 1. The van der Waals surface area contributed by atoms with Crippen LogP contribution in [0.2, 0.25) is 0 Å². The fourth-order valence-corrected chi connectivity index (χ4v) is 0.985. The normalized spacial score (nSPS) is 18.1. The molecule has 0 spiro atoms. The molecule has 0 saturated carbocycles. The predicted molar refractivity (Wildman–Crippen MR) is 47.4 cm³/mol. The maximum atomic E-state index is 10.8. The lowest BCUT2D eigenvalue weighted by Gasteiger charge is -2.35. The van der Waals surface area contributed by atoms with Gasteiger partial charge in [-0.1, -0.05) is 6.58 Å². The Morgan fingerprint density at radius 3 is 2.58 bits per heavy atom. The van der Waals surface area contributed by atoms with Crippen molar-refractivity contribution in [1.82, 2.24) is 10.3 Å². The summed E-state index contributed by atoms with van der Waals surface area (Å²) in [6, 6.07) is 0. The third-order valence-electron chi connectivity index (χ3n) is 1.45. The smallest absolute Gasteiger partial charge is 0.269 e. The molecular formula is C8H13N3O. The van der Waals surface area contributed by atoms with Gasteiger partial charge in [-0.25, -0.2) is 5.01 Å². The van der Waals surface area contributed by atoms with Crippen LogP contribution in [-0.4, -0.2) is 22.7 Å². The molecule has 1 aliphatic rings. The van der Waals surface area contributed by atoms with E-state index in [1.807, 2.05) is 20.8 Å². The van der Waals surface area contributed by atoms with Crippen molar-refractivity contribution in [3.63, 3.8) is 0 Å². The van der Waals surface area contributed by atoms with Crippen LogP contribution >= 0.6 is 0 Å². The van der Waals surface area contributed by atoms with E-state index < -0.39 is 0 Å². The second-order valence-corrected chi connectivity index (χ2v) is 3.66. The summed E-state index contributed by atoms with van der Waals surface area (Å²) in [6.07, 6.45) is 1.25. The van der Waals surface area contributed by atoms with Crippen molar-refractivity contribution in [2.75, 3.05) is 0 Å². The summed E-state index contributed by atoms with van der Waals surface area (Å²) in [4.78, 5) is 10.8. The molecule has 0 fully saturated rings. The van der Waals surface area contributed by atoms with Crippen molar-refractivity contribution < 1.29 is 4.79 Å². The molecule has 1 heterocycles. The summed E-state index contributed by atoms with van der Waals surface area (Å²) in [5.74, 6) is 0.301. The van der Waals surface area contributed by atoms with Gasteiger partial charge in [-0.2, -0.15) is 5.10 Å². The molecular weight excluding hydrogens is 154 g/mol. The fraction of sp³-hybridized carbons (Fsp3) is 0.500. The zero-order valence-electron chi connectivity index (χ0n) is 7.59. The standard InChI is InChI=1S/C8H13N3O/c1-6-10-7(12)5-9-11(6)8(2,3)4/h5H,1H2,2-4H3,(H,10,12). The second kappa shape index (κ2) is 2.62. The largest absolute Gasteiger partial charge is 0.306 e. The van der Waals surface area contributed by atoms with Crippen molar-refractivity contribution in [3.8, 4) is 0 Å². The Labute approximate surface area is 71.9 Å². The first kappa shape index (κ1) is 8.77. The predicted octanol–water partition coefficient (Wildman–Crippen LogP) is 0.674. The van der Waals surface area contributed by atoms with E-state index in [0.717, 1.165) is 0 Å². The van der Waals surface area contributed by atoms with Crippen LogP contribution in [0.1, 0.15) is 20.8 Å². The monoisotopic (exact) mass is 167 g/mol. The quantitative estimate of drug-likeness (QED) is 0.576. The molecule has 1 aliphatic heterocycles. The molecule has 0 unspecified atom stereocenters. The van der Waals surface area contributed by atoms with Crippen LogP contribution in [0.4, 0.5) is 0 Å². The molecule has 4 nitrogen and oxygen atoms in total. The van der Waals surface area contributed by atoms with Crippen molar-refractivity contribution in [1.29, 1.82) is 0 Å². The molecule has 0 atom stereocenters. The van der Waals surface area contributed by atoms with Gasteiger partial charge in [-0.15, -0.1) is 0 Å². The highest BCUT2D eigenvalue weighted by Crippen LogP contribution is 2.18. The number of hydrazone groups is 1. The molecule has 0 aromatic rings. The summed E-state index contributed by atoms with van der Waals surface area (Å²) >= 11 is 0. The maximum absolute atomic E-state index is 10.8. The van der Waals surface area contributed by atoms with Gasteiger partial charge in [0.15, 0.2) is 0 Å². The molecule has 12 heavy (non-hydrogen) atoms. The summed E-state index contributed by atoms with van der Waals surface area (Å²) in [5.41, 5.74) is -0.152. The van der Waals surface area contributed by atoms with Gasteiger partial charge in [0.2, 0.25) is 0 Å². The Hall–Kier alpha value is -1.32. The Morgan fingerprint density at radius 1 is 1.58 bits per heavy atom. The maximum Gasteiger partial charge on any atom is 0.269 e. The van der Waals surface area contributed by atoms with Crippen LogP contribution < -0.4 is 5.32 Å². The van der Waals surface area contributed by atoms with Crippen LogP contribution in [0.5, 0.6) is 0 Å². The Morgan fingerprint density at radius 2 is 2.17 bits per heavy atom. The lowest BCUT2D eigenvalue weighted by Crippen LogP contribution is -2.46. The number of hydrogen-bond acceptors (Lipinski definition) is 3. The summed E-state index contributed by atoms with van der Waals surface area (Å²) in [5, 5.41) is 8.21. The third kappa shape index (κ3) is 1.64. The Bertz CT molecular complexity index is 250. The number of hydrogen-bond donors (Lipinski definition) is 1. The van der Waals surface area contributed by atoms with Gasteiger partial charge >= 0.3 is 0 Å². The van der Waals surface area contributed by atoms with E-state index in [-0.39, 0.29) is 11.4 Å². The van der Waals surface area contributed by atoms with E-state index in [0.29, 0.717) is 5.82 Å². The zero-order valence-corrected chi connectivity index (χ0v) is 7.59. The van der Waals surface area contributed by atoms with Crippen LogP contribution in [-0.2, 0) is 4.79 Å². The van der Waals surface area contributed by atoms with E-state index in [2.05, 4.69) is 17.0 Å². The van der Waals surface area contributed by atoms with E-state index in [4.69, 9.17) is 0 Å². The first-order valence-corrected chi connectivity index (χ1v) is 3.75. The second-order valence-electron chi connectivity index (χ2n) is 3.66. The van der Waals surface area contributed by atoms with Crippen molar-refractivity contribution in [3.05, 3.63) is 12.4 Å². The summed E-state index contributed by atoms with van der Waals surface area (Å²) < 4.78 is 0. The van der Waals surface area contributed by atoms with Crippen LogP contribution in [0.15, 0.2) is 17.5 Å². The topological polar surface area (TPSA) is 44.7 Å². The minimum Gasteiger partial charge on any atom is -0.306 e. The van der Waals surface area contributed by atoms with E-state index >= 15 is 0 Å². The number of amides is 1. The molecule has 0 saturated heterocycles. The van der Waals surface area contributed by atoms with Gasteiger partial charge in [0.25, 0.3) is 5.91 Å². The molecule has 66 valence electrons. The minimum absolute atomic E-state index is 0.152. The first-order chi connectivity index (χ1) is 5.41. The van der Waals surface area contributed by atoms with Gasteiger partial charge in [-0.3, -0.25) is 4.79 Å². The average molecular weight is 167 g/mol. The van der Waals surface area contributed by atoms with Gasteiger partial charge in [0, 0.05) is 0 Å². The van der Waals surface area contributed by atoms with Crippen molar-refractivity contribution in [2.24, 2.45) is 5.10 Å². The SMILES string of the molecule is C=C1NC(=O)C=NN1C(C)(C)C. The molecule has 0 aromatic heterocycles. The molecule has 4 heteroatoms. The minimum atomic E-state index is -0.222. The van der Waals surface area contributed by atoms with Gasteiger partial charge in [0.1, 0.15) is 12.0 Å². The van der Waals surface area contributed by atoms with Gasteiger partial charge < -0.3 is 5.32 Å². The lowest BCUT2D eigenvalue weighted by molar-refractivity contribution is -0.115. The highest BCUT2D eigenvalue weighted by molar-refractivity contribution is 6.27. The highest BCUT2D eigenvalue weighted by Gasteiger charge is 2.25. The summed E-state index contributed by atoms with van der Waals surface area (Å²) in [7, 11) is 0. The number of rotatable bonds is 0. The van der Waals surface area contributed by atoms with Crippen molar-refractivity contribution >= 4 is 12.1 Å². The molecule has 0 aromatic carbocycles. The molecule has 0 bridgehead atoms. The lowest BCUT2D eigenvalue weighted by atomic mass is 10.1. The molecule has 1 N–H and O–H groups in total. The van der Waals surface area contributed by atoms with E-state index in [1.165, 1.54) is 6.21 Å². The van der Waals surface area contributed by atoms with Gasteiger partial charge in [-0.05, 0) is 20.8 Å². The highest BCUT2D eigenvalue weighted by atomic mass is 16.2. The first-order valence-electron chi connectivity index (χ1n) is 3.75. The average Bonchev–Trinajstić information content (AvgIpc) is 1.83. The molecule has 0 radical (unpaired) electrons. The van der Waals surface area contributed by atoms with Crippen LogP contribution in [0.3, 0.4) is 0 Å². The van der Waals surface area contributed by atoms with Crippen molar-refractivity contribution in [2.45, 2.75) is 26.3 Å². The van der Waals surface area contributed by atoms with Gasteiger partial charge in [0.05, 0.1) is 5.54 Å². The van der Waals surface area contributed by atoms with Crippen LogP contribution in [0.25, 0.3) is 0 Å². The van der Waals surface area contributed by atoms with E-state index in [1.54, 1.807) is 5.01 Å². The molecule has 0 aliphatic carbocycles. The molecule has 1 amide bonds. The van der Waals surface area contributed by atoms with Crippen LogP contribution in [0, 0.1) is 0 Å². The molecule has 1 rings (SSSR count). The number of nitrogens with zero attached hydrogens (tertiary/aromatic N) is 2. The Kier molecular flexibility index (Phi) is 1.92. The fourth-order valence-electron chi connectivity index (χ4n) is 0.985. The number of nitrogens with one attached hydrogen (secondary N) is 1. The van der Waals surface area contributed by atoms with E-state index in [9.17, 15) is 4.79 Å². The third-order valence-corrected chi connectivity index (χ3v) is 1.45. The zero-order chi connectivity index (χ0) is 9.35. The Balaban J connectivity index is 2.87. The summed E-state index contributed by atoms with van der Waals surface area (Å²) in [6.45, 7) is 9.67. The number of carbonyl (C=O) groups excluding carboxylic acids is 1.